The maximum atomic E-state index is 12.4. The molecule has 0 saturated heterocycles. The van der Waals surface area contributed by atoms with Crippen molar-refractivity contribution in [3.8, 4) is 0 Å². The Hall–Kier alpha value is -1.70. The SMILES string of the molecule is CC(C(=O)c1cncc2ccccc12)C1CC1. The van der Waals surface area contributed by atoms with Crippen molar-refractivity contribution < 1.29 is 4.79 Å². The maximum absolute atomic E-state index is 12.4. The molecule has 17 heavy (non-hydrogen) atoms. The molecule has 1 heterocycles. The van der Waals surface area contributed by atoms with E-state index in [-0.39, 0.29) is 11.7 Å². The highest BCUT2D eigenvalue weighted by Crippen LogP contribution is 2.38. The van der Waals surface area contributed by atoms with Gasteiger partial charge in [-0.1, -0.05) is 31.2 Å². The van der Waals surface area contributed by atoms with Gasteiger partial charge in [-0.3, -0.25) is 9.78 Å². The number of hydrogen-bond donors (Lipinski definition) is 0. The molecule has 1 aromatic carbocycles. The van der Waals surface area contributed by atoms with E-state index in [0.29, 0.717) is 5.92 Å². The van der Waals surface area contributed by atoms with Crippen molar-refractivity contribution in [3.05, 3.63) is 42.2 Å². The lowest BCUT2D eigenvalue weighted by Gasteiger charge is -2.10. The van der Waals surface area contributed by atoms with Crippen LogP contribution in [0.3, 0.4) is 0 Å². The minimum Gasteiger partial charge on any atom is -0.294 e. The normalized spacial score (nSPS) is 17.0. The van der Waals surface area contributed by atoms with Gasteiger partial charge in [-0.2, -0.15) is 0 Å². The van der Waals surface area contributed by atoms with Crippen molar-refractivity contribution in [1.82, 2.24) is 4.98 Å². The molecule has 0 N–H and O–H groups in total. The molecule has 1 aliphatic carbocycles. The average Bonchev–Trinajstić information content (AvgIpc) is 3.20. The lowest BCUT2D eigenvalue weighted by atomic mass is 9.93. The molecule has 0 amide bonds. The van der Waals surface area contributed by atoms with Crippen molar-refractivity contribution in [2.24, 2.45) is 11.8 Å². The van der Waals surface area contributed by atoms with Gasteiger partial charge in [-0.25, -0.2) is 0 Å². The molecule has 2 nitrogen and oxygen atoms in total. The van der Waals surface area contributed by atoms with E-state index in [2.05, 4.69) is 4.98 Å². The first kappa shape index (κ1) is 10.5. The maximum Gasteiger partial charge on any atom is 0.168 e. The van der Waals surface area contributed by atoms with E-state index in [1.807, 2.05) is 37.4 Å². The molecule has 1 unspecified atom stereocenters. The minimum absolute atomic E-state index is 0.141. The van der Waals surface area contributed by atoms with E-state index < -0.39 is 0 Å². The van der Waals surface area contributed by atoms with Gasteiger partial charge in [0.25, 0.3) is 0 Å². The topological polar surface area (TPSA) is 30.0 Å². The molecule has 1 saturated carbocycles. The van der Waals surface area contributed by atoms with E-state index in [0.717, 1.165) is 16.3 Å². The highest BCUT2D eigenvalue weighted by Gasteiger charge is 2.33. The Bertz CT molecular complexity index is 567. The van der Waals surface area contributed by atoms with Crippen LogP contribution < -0.4 is 0 Å². The fourth-order valence-electron chi connectivity index (χ4n) is 2.37. The lowest BCUT2D eigenvalue weighted by Crippen LogP contribution is -2.13. The van der Waals surface area contributed by atoms with Gasteiger partial charge in [-0.05, 0) is 24.1 Å². The van der Waals surface area contributed by atoms with Gasteiger partial charge in [0.2, 0.25) is 0 Å². The molecule has 1 atom stereocenters. The summed E-state index contributed by atoms with van der Waals surface area (Å²) < 4.78 is 0. The monoisotopic (exact) mass is 225 g/mol. The zero-order valence-electron chi connectivity index (χ0n) is 9.89. The van der Waals surface area contributed by atoms with Gasteiger partial charge < -0.3 is 0 Å². The molecule has 1 fully saturated rings. The van der Waals surface area contributed by atoms with Crippen molar-refractivity contribution >= 4 is 16.6 Å². The Labute approximate surface area is 101 Å². The molecule has 86 valence electrons. The smallest absolute Gasteiger partial charge is 0.168 e. The largest absolute Gasteiger partial charge is 0.294 e. The number of rotatable bonds is 3. The number of ketones is 1. The standard InChI is InChI=1S/C15H15NO/c1-10(11-6-7-11)15(17)14-9-16-8-12-4-2-3-5-13(12)14/h2-5,8-11H,6-7H2,1H3. The molecule has 2 aromatic rings. The number of aromatic nitrogens is 1. The second-order valence-electron chi connectivity index (χ2n) is 4.90. The summed E-state index contributed by atoms with van der Waals surface area (Å²) in [4.78, 5) is 16.6. The third-order valence-electron chi connectivity index (χ3n) is 3.68. The minimum atomic E-state index is 0.141. The second-order valence-corrected chi connectivity index (χ2v) is 4.90. The van der Waals surface area contributed by atoms with Gasteiger partial charge >= 0.3 is 0 Å². The van der Waals surface area contributed by atoms with Gasteiger partial charge in [0.1, 0.15) is 0 Å². The molecular formula is C15H15NO. The number of pyridine rings is 1. The fraction of sp³-hybridized carbons (Fsp3) is 0.333. The highest BCUT2D eigenvalue weighted by molar-refractivity contribution is 6.08. The van der Waals surface area contributed by atoms with Crippen LogP contribution in [0.15, 0.2) is 36.7 Å². The summed E-state index contributed by atoms with van der Waals surface area (Å²) in [6.07, 6.45) is 5.92. The Morgan fingerprint density at radius 1 is 1.29 bits per heavy atom. The first-order valence-corrected chi connectivity index (χ1v) is 6.14. The average molecular weight is 225 g/mol. The Balaban J connectivity index is 2.07. The lowest BCUT2D eigenvalue weighted by molar-refractivity contribution is 0.0917. The van der Waals surface area contributed by atoms with Crippen LogP contribution in [0, 0.1) is 11.8 Å². The number of benzene rings is 1. The zero-order valence-corrected chi connectivity index (χ0v) is 9.89. The predicted molar refractivity (Wildman–Crippen MR) is 68.0 cm³/mol. The second kappa shape index (κ2) is 3.95. The summed E-state index contributed by atoms with van der Waals surface area (Å²) in [6, 6.07) is 7.95. The van der Waals surface area contributed by atoms with Crippen LogP contribution >= 0.6 is 0 Å². The van der Waals surface area contributed by atoms with E-state index >= 15 is 0 Å². The Morgan fingerprint density at radius 3 is 2.82 bits per heavy atom. The molecule has 3 rings (SSSR count). The number of carbonyl (C=O) groups is 1. The van der Waals surface area contributed by atoms with E-state index in [4.69, 9.17) is 0 Å². The summed E-state index contributed by atoms with van der Waals surface area (Å²) in [6.45, 7) is 2.04. The van der Waals surface area contributed by atoms with Gasteiger partial charge in [-0.15, -0.1) is 0 Å². The summed E-state index contributed by atoms with van der Waals surface area (Å²) >= 11 is 0. The van der Waals surface area contributed by atoms with Crippen LogP contribution in [-0.2, 0) is 0 Å². The summed E-state index contributed by atoms with van der Waals surface area (Å²) in [5.41, 5.74) is 0.780. The summed E-state index contributed by atoms with van der Waals surface area (Å²) in [7, 11) is 0. The molecule has 2 heteroatoms. The van der Waals surface area contributed by atoms with Crippen molar-refractivity contribution in [2.75, 3.05) is 0 Å². The van der Waals surface area contributed by atoms with Crippen molar-refractivity contribution in [1.29, 1.82) is 0 Å². The van der Waals surface area contributed by atoms with Gasteiger partial charge in [0, 0.05) is 29.3 Å². The number of hydrogen-bond acceptors (Lipinski definition) is 2. The van der Waals surface area contributed by atoms with Crippen LogP contribution in [0.4, 0.5) is 0 Å². The van der Waals surface area contributed by atoms with Crippen LogP contribution in [0.2, 0.25) is 0 Å². The molecule has 0 spiro atoms. The quantitative estimate of drug-likeness (QED) is 0.749. The predicted octanol–water partition coefficient (Wildman–Crippen LogP) is 3.46. The molecule has 0 aliphatic heterocycles. The van der Waals surface area contributed by atoms with E-state index in [9.17, 15) is 4.79 Å². The summed E-state index contributed by atoms with van der Waals surface area (Å²) in [5, 5.41) is 2.07. The van der Waals surface area contributed by atoms with Crippen LogP contribution in [0.1, 0.15) is 30.1 Å². The number of carbonyl (C=O) groups excluding carboxylic acids is 1. The third kappa shape index (κ3) is 1.84. The Kier molecular flexibility index (Phi) is 2.43. The molecular weight excluding hydrogens is 210 g/mol. The third-order valence-corrected chi connectivity index (χ3v) is 3.68. The molecule has 0 bridgehead atoms. The fourth-order valence-corrected chi connectivity index (χ4v) is 2.37. The first-order chi connectivity index (χ1) is 8.27. The van der Waals surface area contributed by atoms with E-state index in [1.54, 1.807) is 6.20 Å². The summed E-state index contributed by atoms with van der Waals surface area (Å²) in [5.74, 6) is 0.987. The molecule has 0 radical (unpaired) electrons. The van der Waals surface area contributed by atoms with Gasteiger partial charge in [0.15, 0.2) is 5.78 Å². The van der Waals surface area contributed by atoms with E-state index in [1.165, 1.54) is 12.8 Å². The number of fused-ring (bicyclic) bond motifs is 1. The van der Waals surface area contributed by atoms with Crippen LogP contribution in [0.5, 0.6) is 0 Å². The van der Waals surface area contributed by atoms with Crippen molar-refractivity contribution in [2.45, 2.75) is 19.8 Å². The molecule has 1 aliphatic rings. The van der Waals surface area contributed by atoms with Crippen LogP contribution in [-0.4, -0.2) is 10.8 Å². The zero-order chi connectivity index (χ0) is 11.8. The number of Topliss-reactive ketones (excluding diaryl/α,β-unsaturated/α-hetero) is 1. The van der Waals surface area contributed by atoms with Gasteiger partial charge in [0.05, 0.1) is 0 Å². The van der Waals surface area contributed by atoms with Crippen molar-refractivity contribution in [3.63, 3.8) is 0 Å². The number of nitrogens with zero attached hydrogens (tertiary/aromatic N) is 1. The highest BCUT2D eigenvalue weighted by atomic mass is 16.1. The van der Waals surface area contributed by atoms with Crippen LogP contribution in [0.25, 0.3) is 10.8 Å². The Morgan fingerprint density at radius 2 is 2.06 bits per heavy atom. The first-order valence-electron chi connectivity index (χ1n) is 6.14. The molecule has 1 aromatic heterocycles.